The van der Waals surface area contributed by atoms with Crippen LogP contribution in [0.2, 0.25) is 5.02 Å². The molecule has 0 spiro atoms. The number of rotatable bonds is 4. The molecule has 0 aliphatic rings. The first kappa shape index (κ1) is 13.6. The first-order valence-corrected chi connectivity index (χ1v) is 6.84. The molecule has 108 valence electrons. The van der Waals surface area contributed by atoms with E-state index in [1.807, 2.05) is 30.3 Å². The van der Waals surface area contributed by atoms with Crippen LogP contribution in [-0.2, 0) is 6.54 Å². The van der Waals surface area contributed by atoms with Gasteiger partial charge in [0.15, 0.2) is 0 Å². The smallest absolute Gasteiger partial charge is 0.125 e. The van der Waals surface area contributed by atoms with Gasteiger partial charge in [0.2, 0.25) is 0 Å². The zero-order chi connectivity index (χ0) is 14.8. The second-order valence-corrected chi connectivity index (χ2v) is 5.08. The van der Waals surface area contributed by atoms with Gasteiger partial charge in [0, 0.05) is 22.5 Å². The number of benzene rings is 2. The molecule has 6 heteroatoms. The highest BCUT2D eigenvalue weighted by Crippen LogP contribution is 2.29. The fourth-order valence-electron chi connectivity index (χ4n) is 2.25. The molecule has 0 amide bonds. The predicted octanol–water partition coefficient (Wildman–Crippen LogP) is 3.42. The predicted molar refractivity (Wildman–Crippen MR) is 85.8 cm³/mol. The van der Waals surface area contributed by atoms with Crippen molar-refractivity contribution in [2.45, 2.75) is 6.54 Å². The maximum atomic E-state index is 6.22. The molecule has 0 saturated carbocycles. The normalized spacial score (nSPS) is 10.8. The van der Waals surface area contributed by atoms with Crippen molar-refractivity contribution in [1.29, 1.82) is 0 Å². The Morgan fingerprint density at radius 3 is 3.05 bits per heavy atom. The summed E-state index contributed by atoms with van der Waals surface area (Å²) >= 11 is 6.22. The third kappa shape index (κ3) is 2.60. The Kier molecular flexibility index (Phi) is 3.58. The molecule has 0 atom stereocenters. The Morgan fingerprint density at radius 2 is 2.24 bits per heavy atom. The maximum absolute atomic E-state index is 6.22. The van der Waals surface area contributed by atoms with E-state index < -0.39 is 0 Å². The molecule has 1 heterocycles. The molecule has 2 aromatic carbocycles. The van der Waals surface area contributed by atoms with Crippen LogP contribution >= 0.6 is 11.6 Å². The minimum absolute atomic E-state index is 0.521. The summed E-state index contributed by atoms with van der Waals surface area (Å²) in [7, 11) is 1.63. The largest absolute Gasteiger partial charge is 0.496 e. The molecule has 0 unspecified atom stereocenters. The van der Waals surface area contributed by atoms with E-state index in [1.54, 1.807) is 13.3 Å². The lowest BCUT2D eigenvalue weighted by molar-refractivity contribution is 0.410. The van der Waals surface area contributed by atoms with Gasteiger partial charge in [-0.1, -0.05) is 17.7 Å². The number of nitrogens with one attached hydrogen (secondary N) is 2. The number of nitrogens with zero attached hydrogens (tertiary/aromatic N) is 1. The van der Waals surface area contributed by atoms with Crippen LogP contribution in [0.1, 0.15) is 5.56 Å². The zero-order valence-corrected chi connectivity index (χ0v) is 12.2. The van der Waals surface area contributed by atoms with Crippen molar-refractivity contribution in [1.82, 2.24) is 10.2 Å². The molecule has 21 heavy (non-hydrogen) atoms. The maximum Gasteiger partial charge on any atom is 0.125 e. The molecule has 0 aliphatic heterocycles. The van der Waals surface area contributed by atoms with Crippen molar-refractivity contribution in [2.75, 3.05) is 18.2 Å². The number of hydrogen-bond acceptors (Lipinski definition) is 4. The lowest BCUT2D eigenvalue weighted by Crippen LogP contribution is -2.04. The van der Waals surface area contributed by atoms with Crippen LogP contribution in [-0.4, -0.2) is 17.3 Å². The molecule has 0 bridgehead atoms. The van der Waals surface area contributed by atoms with Crippen LogP contribution in [0.25, 0.3) is 10.9 Å². The van der Waals surface area contributed by atoms with E-state index in [2.05, 4.69) is 15.5 Å². The lowest BCUT2D eigenvalue weighted by atomic mass is 10.1. The number of aromatic nitrogens is 2. The van der Waals surface area contributed by atoms with Crippen LogP contribution in [0.15, 0.2) is 36.5 Å². The number of nitrogens with two attached hydrogens (primary N) is 1. The van der Waals surface area contributed by atoms with E-state index in [0.29, 0.717) is 17.3 Å². The van der Waals surface area contributed by atoms with Crippen LogP contribution < -0.4 is 15.8 Å². The Balaban J connectivity index is 1.88. The van der Waals surface area contributed by atoms with Gasteiger partial charge in [-0.15, -0.1) is 0 Å². The van der Waals surface area contributed by atoms with Gasteiger partial charge >= 0.3 is 0 Å². The summed E-state index contributed by atoms with van der Waals surface area (Å²) in [6.07, 6.45) is 1.74. The topological polar surface area (TPSA) is 76.0 Å². The van der Waals surface area contributed by atoms with Crippen LogP contribution in [0.4, 0.5) is 11.4 Å². The molecule has 0 fully saturated rings. The molecule has 5 nitrogen and oxygen atoms in total. The standard InChI is InChI=1S/C15H15ClN4O/c1-21-15-4-2-3-11(16)10(15)8-18-14-6-13-9(5-12(14)17)7-19-20-13/h2-7,18H,8,17H2,1H3,(H,19,20). The molecular formula is C15H15ClN4O. The average molecular weight is 303 g/mol. The van der Waals surface area contributed by atoms with Crippen molar-refractivity contribution < 1.29 is 4.74 Å². The first-order chi connectivity index (χ1) is 10.2. The van der Waals surface area contributed by atoms with Crippen LogP contribution in [0.3, 0.4) is 0 Å². The van der Waals surface area contributed by atoms with E-state index in [9.17, 15) is 0 Å². The van der Waals surface area contributed by atoms with E-state index in [-0.39, 0.29) is 0 Å². The van der Waals surface area contributed by atoms with Gasteiger partial charge < -0.3 is 15.8 Å². The number of anilines is 2. The molecule has 1 aromatic heterocycles. The highest BCUT2D eigenvalue weighted by molar-refractivity contribution is 6.31. The third-order valence-corrected chi connectivity index (χ3v) is 3.72. The average Bonchev–Trinajstić information content (AvgIpc) is 2.92. The first-order valence-electron chi connectivity index (χ1n) is 6.47. The summed E-state index contributed by atoms with van der Waals surface area (Å²) in [6.45, 7) is 0.521. The summed E-state index contributed by atoms with van der Waals surface area (Å²) in [4.78, 5) is 0. The number of aromatic amines is 1. The van der Waals surface area contributed by atoms with E-state index in [4.69, 9.17) is 22.1 Å². The SMILES string of the molecule is COc1cccc(Cl)c1CNc1cc2[nH]ncc2cc1N. The summed E-state index contributed by atoms with van der Waals surface area (Å²) in [6, 6.07) is 9.38. The summed E-state index contributed by atoms with van der Waals surface area (Å²) in [5, 5.41) is 11.8. The summed E-state index contributed by atoms with van der Waals surface area (Å²) in [5.41, 5.74) is 9.36. The van der Waals surface area contributed by atoms with Crippen molar-refractivity contribution in [3.63, 3.8) is 0 Å². The van der Waals surface area contributed by atoms with Gasteiger partial charge in [0.25, 0.3) is 0 Å². The Labute approximate surface area is 127 Å². The molecule has 3 aromatic rings. The van der Waals surface area contributed by atoms with Crippen LogP contribution in [0, 0.1) is 0 Å². The Bertz CT molecular complexity index is 784. The lowest BCUT2D eigenvalue weighted by Gasteiger charge is -2.13. The van der Waals surface area contributed by atoms with Crippen molar-refractivity contribution in [3.05, 3.63) is 47.1 Å². The van der Waals surface area contributed by atoms with Gasteiger partial charge in [-0.3, -0.25) is 5.10 Å². The number of halogens is 1. The number of H-pyrrole nitrogens is 1. The highest BCUT2D eigenvalue weighted by Gasteiger charge is 2.09. The number of nitrogen functional groups attached to an aromatic ring is 1. The third-order valence-electron chi connectivity index (χ3n) is 3.36. The van der Waals surface area contributed by atoms with Gasteiger partial charge in [-0.2, -0.15) is 5.10 Å². The van der Waals surface area contributed by atoms with E-state index in [1.165, 1.54) is 0 Å². The molecular weight excluding hydrogens is 288 g/mol. The fraction of sp³-hybridized carbons (Fsp3) is 0.133. The minimum Gasteiger partial charge on any atom is -0.496 e. The van der Waals surface area contributed by atoms with E-state index in [0.717, 1.165) is 27.9 Å². The number of methoxy groups -OCH3 is 1. The quantitative estimate of drug-likeness (QED) is 0.645. The van der Waals surface area contributed by atoms with Crippen molar-refractivity contribution >= 4 is 33.9 Å². The second-order valence-electron chi connectivity index (χ2n) is 4.67. The molecule has 0 aliphatic carbocycles. The van der Waals surface area contributed by atoms with E-state index >= 15 is 0 Å². The Hall–Kier alpha value is -2.40. The number of fused-ring (bicyclic) bond motifs is 1. The van der Waals surface area contributed by atoms with Crippen molar-refractivity contribution in [2.24, 2.45) is 0 Å². The van der Waals surface area contributed by atoms with Gasteiger partial charge in [-0.25, -0.2) is 0 Å². The van der Waals surface area contributed by atoms with Gasteiger partial charge in [-0.05, 0) is 24.3 Å². The molecule has 0 radical (unpaired) electrons. The zero-order valence-electron chi connectivity index (χ0n) is 11.5. The van der Waals surface area contributed by atoms with Crippen molar-refractivity contribution in [3.8, 4) is 5.75 Å². The molecule has 0 saturated heterocycles. The minimum atomic E-state index is 0.521. The molecule has 3 rings (SSSR count). The van der Waals surface area contributed by atoms with Crippen LogP contribution in [0.5, 0.6) is 5.75 Å². The van der Waals surface area contributed by atoms with Gasteiger partial charge in [0.1, 0.15) is 5.75 Å². The summed E-state index contributed by atoms with van der Waals surface area (Å²) in [5.74, 6) is 0.746. The monoisotopic (exact) mass is 302 g/mol. The summed E-state index contributed by atoms with van der Waals surface area (Å²) < 4.78 is 5.33. The van der Waals surface area contributed by atoms with Gasteiger partial charge in [0.05, 0.1) is 30.2 Å². The number of ether oxygens (including phenoxy) is 1. The number of hydrogen-bond donors (Lipinski definition) is 3. The highest BCUT2D eigenvalue weighted by atomic mass is 35.5. The molecule has 4 N–H and O–H groups in total. The second kappa shape index (κ2) is 5.54. The Morgan fingerprint density at radius 1 is 1.38 bits per heavy atom. The fourth-order valence-corrected chi connectivity index (χ4v) is 2.48.